The molecule has 0 radical (unpaired) electrons. The smallest absolute Gasteiger partial charge is 0.271 e. The van der Waals surface area contributed by atoms with Gasteiger partial charge in [0.2, 0.25) is 0 Å². The molecule has 3 rings (SSSR count). The first-order valence-corrected chi connectivity index (χ1v) is 8.95. The predicted octanol–water partition coefficient (Wildman–Crippen LogP) is 2.61. The van der Waals surface area contributed by atoms with E-state index in [1.54, 1.807) is 24.8 Å². The average molecular weight is 339 g/mol. The third kappa shape index (κ3) is 4.98. The molecule has 0 unspecified atom stereocenters. The van der Waals surface area contributed by atoms with Crippen molar-refractivity contribution in [3.63, 3.8) is 0 Å². The Morgan fingerprint density at radius 1 is 1.16 bits per heavy atom. The number of likely N-dealkylation sites (N-methyl/N-ethyl adjacent to an activating group) is 1. The van der Waals surface area contributed by atoms with Gasteiger partial charge in [-0.1, -0.05) is 19.3 Å². The Morgan fingerprint density at radius 2 is 1.92 bits per heavy atom. The molecule has 0 aliphatic heterocycles. The van der Waals surface area contributed by atoms with Gasteiger partial charge in [0.25, 0.3) is 5.91 Å². The number of hydrogen-bond donors (Lipinski definition) is 1. The number of nitrogens with zero attached hydrogens (tertiary/aromatic N) is 4. The molecule has 25 heavy (non-hydrogen) atoms. The van der Waals surface area contributed by atoms with Crippen LogP contribution in [-0.4, -0.2) is 40.5 Å². The van der Waals surface area contributed by atoms with Crippen molar-refractivity contribution in [2.75, 3.05) is 18.5 Å². The van der Waals surface area contributed by atoms with Gasteiger partial charge in [-0.3, -0.25) is 9.78 Å². The molecule has 0 aromatic carbocycles. The molecule has 2 aromatic rings. The molecule has 132 valence electrons. The maximum atomic E-state index is 12.3. The Kier molecular flexibility index (Phi) is 5.93. The lowest BCUT2D eigenvalue weighted by molar-refractivity contribution is 0.0922. The first-order chi connectivity index (χ1) is 12.2. The highest BCUT2D eigenvalue weighted by Gasteiger charge is 2.17. The van der Waals surface area contributed by atoms with Crippen LogP contribution < -0.4 is 10.2 Å². The van der Waals surface area contributed by atoms with Crippen molar-refractivity contribution in [2.24, 2.45) is 0 Å². The molecule has 2 heterocycles. The van der Waals surface area contributed by atoms with Gasteiger partial charge in [0.05, 0.1) is 12.4 Å². The molecule has 1 saturated carbocycles. The lowest BCUT2D eigenvalue weighted by Gasteiger charge is -2.22. The molecule has 1 aliphatic carbocycles. The summed E-state index contributed by atoms with van der Waals surface area (Å²) in [6.07, 6.45) is 13.5. The lowest BCUT2D eigenvalue weighted by atomic mass is 9.95. The van der Waals surface area contributed by atoms with E-state index in [9.17, 15) is 4.79 Å². The number of nitrogens with one attached hydrogen (secondary N) is 1. The molecule has 1 amide bonds. The van der Waals surface area contributed by atoms with Gasteiger partial charge in [0.1, 0.15) is 11.5 Å². The average Bonchev–Trinajstić information content (AvgIpc) is 2.68. The number of amides is 1. The van der Waals surface area contributed by atoms with Crippen LogP contribution in [0.25, 0.3) is 0 Å². The highest BCUT2D eigenvalue weighted by Crippen LogP contribution is 2.17. The molecular formula is C19H25N5O. The van der Waals surface area contributed by atoms with Gasteiger partial charge in [-0.2, -0.15) is 0 Å². The number of anilines is 1. The summed E-state index contributed by atoms with van der Waals surface area (Å²) >= 11 is 0. The summed E-state index contributed by atoms with van der Waals surface area (Å²) in [5, 5.41) is 3.07. The van der Waals surface area contributed by atoms with Crippen molar-refractivity contribution in [2.45, 2.75) is 44.6 Å². The van der Waals surface area contributed by atoms with Crippen molar-refractivity contribution in [1.82, 2.24) is 20.3 Å². The second kappa shape index (κ2) is 8.55. The summed E-state index contributed by atoms with van der Waals surface area (Å²) in [6.45, 7) is 0.826. The Hall–Kier alpha value is -2.50. The normalized spacial score (nSPS) is 14.9. The number of hydrogen-bond acceptors (Lipinski definition) is 5. The molecule has 2 aromatic heterocycles. The van der Waals surface area contributed by atoms with Gasteiger partial charge in [-0.25, -0.2) is 9.97 Å². The minimum Gasteiger partial charge on any atom is -0.358 e. The van der Waals surface area contributed by atoms with E-state index in [1.165, 1.54) is 24.8 Å². The fourth-order valence-corrected chi connectivity index (χ4v) is 3.10. The highest BCUT2D eigenvalue weighted by atomic mass is 16.1. The summed E-state index contributed by atoms with van der Waals surface area (Å²) in [5.74, 6) is 0.647. The number of pyridine rings is 1. The second-order valence-electron chi connectivity index (χ2n) is 6.60. The van der Waals surface area contributed by atoms with Crippen molar-refractivity contribution in [3.8, 4) is 0 Å². The van der Waals surface area contributed by atoms with Crippen LogP contribution in [0.5, 0.6) is 0 Å². The molecule has 1 N–H and O–H groups in total. The molecule has 0 spiro atoms. The molecule has 1 fully saturated rings. The quantitative estimate of drug-likeness (QED) is 0.876. The van der Waals surface area contributed by atoms with Crippen molar-refractivity contribution in [1.29, 1.82) is 0 Å². The minimum atomic E-state index is -0.120. The van der Waals surface area contributed by atoms with Crippen molar-refractivity contribution in [3.05, 3.63) is 48.2 Å². The molecule has 0 saturated heterocycles. The van der Waals surface area contributed by atoms with Crippen LogP contribution in [-0.2, 0) is 6.42 Å². The van der Waals surface area contributed by atoms with E-state index >= 15 is 0 Å². The van der Waals surface area contributed by atoms with E-state index in [4.69, 9.17) is 0 Å². The molecule has 6 nitrogen and oxygen atoms in total. The van der Waals surface area contributed by atoms with E-state index in [0.717, 1.165) is 31.6 Å². The second-order valence-corrected chi connectivity index (χ2v) is 6.60. The van der Waals surface area contributed by atoms with Crippen LogP contribution in [0.2, 0.25) is 0 Å². The van der Waals surface area contributed by atoms with E-state index in [0.29, 0.717) is 5.69 Å². The van der Waals surface area contributed by atoms with Crippen molar-refractivity contribution >= 4 is 11.7 Å². The first-order valence-electron chi connectivity index (χ1n) is 8.95. The van der Waals surface area contributed by atoms with Crippen LogP contribution in [0.15, 0.2) is 36.9 Å². The van der Waals surface area contributed by atoms with E-state index in [-0.39, 0.29) is 11.9 Å². The third-order valence-electron chi connectivity index (χ3n) is 4.69. The van der Waals surface area contributed by atoms with Crippen LogP contribution in [0.3, 0.4) is 0 Å². The van der Waals surface area contributed by atoms with E-state index < -0.39 is 0 Å². The largest absolute Gasteiger partial charge is 0.358 e. The topological polar surface area (TPSA) is 71.0 Å². The summed E-state index contributed by atoms with van der Waals surface area (Å²) in [4.78, 5) is 27.0. The maximum absolute atomic E-state index is 12.3. The molecular weight excluding hydrogens is 314 g/mol. The molecule has 1 aliphatic rings. The molecule has 0 bridgehead atoms. The third-order valence-corrected chi connectivity index (χ3v) is 4.69. The summed E-state index contributed by atoms with van der Waals surface area (Å²) in [5.41, 5.74) is 1.62. The summed E-state index contributed by atoms with van der Waals surface area (Å²) in [6, 6.07) is 4.31. The maximum Gasteiger partial charge on any atom is 0.271 e. The zero-order chi connectivity index (χ0) is 17.5. The SMILES string of the molecule is CN(CCc1ccncc1)c1cnc(C(=O)NC2CCCCC2)cn1. The number of carbonyl (C=O) groups excluding carboxylic acids is 1. The van der Waals surface area contributed by atoms with Crippen LogP contribution in [0.4, 0.5) is 5.82 Å². The van der Waals surface area contributed by atoms with Crippen LogP contribution >= 0.6 is 0 Å². The fourth-order valence-electron chi connectivity index (χ4n) is 3.10. The Labute approximate surface area is 148 Å². The van der Waals surface area contributed by atoms with Gasteiger partial charge in [0.15, 0.2) is 0 Å². The Bertz CT molecular complexity index is 668. The van der Waals surface area contributed by atoms with E-state index in [2.05, 4.69) is 20.3 Å². The van der Waals surface area contributed by atoms with E-state index in [1.807, 2.05) is 24.1 Å². The highest BCUT2D eigenvalue weighted by molar-refractivity contribution is 5.92. The standard InChI is InChI=1S/C19H25N5O/c1-24(12-9-15-7-10-20-11-8-15)18-14-21-17(13-22-18)19(25)23-16-5-3-2-4-6-16/h7-8,10-11,13-14,16H,2-6,9,12H2,1H3,(H,23,25). The zero-order valence-corrected chi connectivity index (χ0v) is 14.7. The van der Waals surface area contributed by atoms with Gasteiger partial charge in [-0.05, 0) is 37.0 Å². The van der Waals surface area contributed by atoms with Gasteiger partial charge >= 0.3 is 0 Å². The van der Waals surface area contributed by atoms with Gasteiger partial charge in [-0.15, -0.1) is 0 Å². The minimum absolute atomic E-state index is 0.120. The lowest BCUT2D eigenvalue weighted by Crippen LogP contribution is -2.36. The molecule has 0 atom stereocenters. The predicted molar refractivity (Wildman–Crippen MR) is 97.6 cm³/mol. The van der Waals surface area contributed by atoms with Gasteiger partial charge < -0.3 is 10.2 Å². The van der Waals surface area contributed by atoms with Crippen molar-refractivity contribution < 1.29 is 4.79 Å². The number of aromatic nitrogens is 3. The molecule has 6 heteroatoms. The summed E-state index contributed by atoms with van der Waals surface area (Å²) < 4.78 is 0. The van der Waals surface area contributed by atoms with Gasteiger partial charge in [0, 0.05) is 32.0 Å². The fraction of sp³-hybridized carbons (Fsp3) is 0.474. The Morgan fingerprint density at radius 3 is 2.60 bits per heavy atom. The number of rotatable bonds is 6. The monoisotopic (exact) mass is 339 g/mol. The first kappa shape index (κ1) is 17.3. The summed E-state index contributed by atoms with van der Waals surface area (Å²) in [7, 11) is 1.98. The number of carbonyl (C=O) groups is 1. The van der Waals surface area contributed by atoms with Crippen LogP contribution in [0.1, 0.15) is 48.2 Å². The Balaban J connectivity index is 1.52. The van der Waals surface area contributed by atoms with Crippen LogP contribution in [0, 0.1) is 0 Å². The zero-order valence-electron chi connectivity index (χ0n) is 14.7.